The van der Waals surface area contributed by atoms with Gasteiger partial charge in [0.2, 0.25) is 0 Å². The van der Waals surface area contributed by atoms with Gasteiger partial charge in [0.1, 0.15) is 5.75 Å². The summed E-state index contributed by atoms with van der Waals surface area (Å²) in [5.41, 5.74) is 3.07. The Bertz CT molecular complexity index is 905. The molecule has 0 aliphatic carbocycles. The van der Waals surface area contributed by atoms with Crippen LogP contribution < -0.4 is 0 Å². The third kappa shape index (κ3) is 3.13. The average molecular weight is 348 g/mol. The van der Waals surface area contributed by atoms with Gasteiger partial charge in [-0.3, -0.25) is 9.69 Å². The number of aromatic hydroxyl groups is 1. The fourth-order valence-electron chi connectivity index (χ4n) is 4.03. The number of nitrogens with zero attached hydrogens (tertiary/aromatic N) is 1. The number of carbonyl (C=O) groups excluding carboxylic acids is 1. The highest BCUT2D eigenvalue weighted by molar-refractivity contribution is 6.10. The Balaban J connectivity index is 1.44. The predicted octanol–water partition coefficient (Wildman–Crippen LogP) is 4.32. The molecule has 1 saturated heterocycles. The Morgan fingerprint density at radius 1 is 1.12 bits per heavy atom. The summed E-state index contributed by atoms with van der Waals surface area (Å²) in [6, 6.07) is 15.4. The fraction of sp³-hybridized carbons (Fsp3) is 0.318. The van der Waals surface area contributed by atoms with Gasteiger partial charge in [0, 0.05) is 22.7 Å². The maximum atomic E-state index is 13.0. The second-order valence-electron chi connectivity index (χ2n) is 7.19. The van der Waals surface area contributed by atoms with Crippen molar-refractivity contribution in [1.29, 1.82) is 0 Å². The van der Waals surface area contributed by atoms with Crippen LogP contribution in [0.4, 0.5) is 0 Å². The number of para-hydroxylation sites is 1. The molecule has 0 spiro atoms. The van der Waals surface area contributed by atoms with Gasteiger partial charge >= 0.3 is 0 Å². The van der Waals surface area contributed by atoms with Crippen LogP contribution in [0.3, 0.4) is 0 Å². The largest absolute Gasteiger partial charge is 0.508 e. The molecule has 0 bridgehead atoms. The number of nitrogens with one attached hydrogen (secondary N) is 1. The van der Waals surface area contributed by atoms with Crippen LogP contribution in [-0.2, 0) is 0 Å². The fourth-order valence-corrected chi connectivity index (χ4v) is 4.03. The molecule has 4 nitrogen and oxygen atoms in total. The van der Waals surface area contributed by atoms with Gasteiger partial charge in [-0.2, -0.15) is 0 Å². The standard InChI is InChI=1S/C22H24N2O2/c1-15(22(26)20-14-23-21-5-3-2-4-19(20)21)24-12-10-17(11-13-24)16-6-8-18(25)9-7-16/h2-9,14-15,17,23,25H,10-13H2,1H3/t15-/m0/s1. The van der Waals surface area contributed by atoms with E-state index in [1.807, 2.05) is 49.5 Å². The SMILES string of the molecule is C[C@@H](C(=O)c1c[nH]c2ccccc12)N1CCC(c2ccc(O)cc2)CC1. The van der Waals surface area contributed by atoms with Crippen LogP contribution in [0.15, 0.2) is 54.7 Å². The van der Waals surface area contributed by atoms with E-state index < -0.39 is 0 Å². The zero-order valence-corrected chi connectivity index (χ0v) is 15.0. The molecule has 1 aliphatic heterocycles. The van der Waals surface area contributed by atoms with E-state index in [0.29, 0.717) is 11.7 Å². The summed E-state index contributed by atoms with van der Waals surface area (Å²) < 4.78 is 0. The summed E-state index contributed by atoms with van der Waals surface area (Å²) in [7, 11) is 0. The topological polar surface area (TPSA) is 56.3 Å². The zero-order chi connectivity index (χ0) is 18.1. The molecule has 1 fully saturated rings. The maximum absolute atomic E-state index is 13.0. The van der Waals surface area contributed by atoms with Crippen molar-refractivity contribution in [3.63, 3.8) is 0 Å². The number of carbonyl (C=O) groups is 1. The van der Waals surface area contributed by atoms with Gasteiger partial charge in [-0.15, -0.1) is 0 Å². The van der Waals surface area contributed by atoms with Gasteiger partial charge in [-0.1, -0.05) is 30.3 Å². The van der Waals surface area contributed by atoms with Gasteiger partial charge in [0.15, 0.2) is 5.78 Å². The van der Waals surface area contributed by atoms with Crippen molar-refractivity contribution in [3.8, 4) is 5.75 Å². The van der Waals surface area contributed by atoms with Crippen LogP contribution in [0.2, 0.25) is 0 Å². The Hall–Kier alpha value is -2.59. The van der Waals surface area contributed by atoms with E-state index in [2.05, 4.69) is 9.88 Å². The molecule has 4 rings (SSSR count). The normalized spacial score (nSPS) is 17.4. The molecule has 0 saturated carbocycles. The number of H-pyrrole nitrogens is 1. The number of phenols is 1. The van der Waals surface area contributed by atoms with Crippen molar-refractivity contribution in [2.45, 2.75) is 31.7 Å². The Morgan fingerprint density at radius 3 is 2.54 bits per heavy atom. The minimum Gasteiger partial charge on any atom is -0.508 e. The van der Waals surface area contributed by atoms with Crippen LogP contribution >= 0.6 is 0 Å². The number of benzene rings is 2. The minimum absolute atomic E-state index is 0.116. The third-order valence-corrected chi connectivity index (χ3v) is 5.68. The van der Waals surface area contributed by atoms with Crippen molar-refractivity contribution < 1.29 is 9.90 Å². The predicted molar refractivity (Wildman–Crippen MR) is 104 cm³/mol. The highest BCUT2D eigenvalue weighted by atomic mass is 16.3. The van der Waals surface area contributed by atoms with Crippen molar-refractivity contribution >= 4 is 16.7 Å². The van der Waals surface area contributed by atoms with E-state index in [4.69, 9.17) is 0 Å². The second kappa shape index (κ2) is 6.96. The molecule has 1 aromatic heterocycles. The minimum atomic E-state index is -0.116. The average Bonchev–Trinajstić information content (AvgIpc) is 3.12. The smallest absolute Gasteiger partial charge is 0.181 e. The van der Waals surface area contributed by atoms with E-state index in [-0.39, 0.29) is 11.8 Å². The van der Waals surface area contributed by atoms with E-state index >= 15 is 0 Å². The number of rotatable bonds is 4. The van der Waals surface area contributed by atoms with Crippen LogP contribution in [0.5, 0.6) is 5.75 Å². The molecule has 2 heterocycles. The van der Waals surface area contributed by atoms with Crippen molar-refractivity contribution in [2.24, 2.45) is 0 Å². The van der Waals surface area contributed by atoms with E-state index in [1.54, 1.807) is 12.1 Å². The number of Topliss-reactive ketones (excluding diaryl/α,β-unsaturated/α-hetero) is 1. The quantitative estimate of drug-likeness (QED) is 0.690. The lowest BCUT2D eigenvalue weighted by atomic mass is 9.88. The lowest BCUT2D eigenvalue weighted by Gasteiger charge is -2.35. The highest BCUT2D eigenvalue weighted by Crippen LogP contribution is 2.30. The number of fused-ring (bicyclic) bond motifs is 1. The highest BCUT2D eigenvalue weighted by Gasteiger charge is 2.28. The van der Waals surface area contributed by atoms with Crippen LogP contribution in [0.25, 0.3) is 10.9 Å². The number of ketones is 1. The molecule has 2 aromatic carbocycles. The third-order valence-electron chi connectivity index (χ3n) is 5.68. The Kier molecular flexibility index (Phi) is 4.51. The van der Waals surface area contributed by atoms with Crippen molar-refractivity contribution in [2.75, 3.05) is 13.1 Å². The molecule has 0 radical (unpaired) electrons. The lowest BCUT2D eigenvalue weighted by Crippen LogP contribution is -2.43. The summed E-state index contributed by atoms with van der Waals surface area (Å²) in [5.74, 6) is 0.997. The molecule has 3 aromatic rings. The van der Waals surface area contributed by atoms with E-state index in [1.165, 1.54) is 5.56 Å². The number of phenolic OH excluding ortho intramolecular Hbond substituents is 1. The summed E-state index contributed by atoms with van der Waals surface area (Å²) in [4.78, 5) is 18.5. The van der Waals surface area contributed by atoms with Gasteiger partial charge in [-0.25, -0.2) is 0 Å². The summed E-state index contributed by atoms with van der Waals surface area (Å²) in [6.07, 6.45) is 3.92. The van der Waals surface area contributed by atoms with Crippen molar-refractivity contribution in [3.05, 3.63) is 65.9 Å². The molecule has 4 heteroatoms. The number of aromatic amines is 1. The van der Waals surface area contributed by atoms with E-state index in [0.717, 1.165) is 42.4 Å². The summed E-state index contributed by atoms with van der Waals surface area (Å²) in [5, 5.41) is 10.5. The molecule has 26 heavy (non-hydrogen) atoms. The van der Waals surface area contributed by atoms with Crippen LogP contribution in [0, 0.1) is 0 Å². The first-order valence-corrected chi connectivity index (χ1v) is 9.27. The molecule has 0 amide bonds. The molecule has 2 N–H and O–H groups in total. The number of aromatic nitrogens is 1. The number of piperidine rings is 1. The summed E-state index contributed by atoms with van der Waals surface area (Å²) in [6.45, 7) is 3.85. The number of hydrogen-bond donors (Lipinski definition) is 2. The molecular weight excluding hydrogens is 324 g/mol. The first-order chi connectivity index (χ1) is 12.6. The second-order valence-corrected chi connectivity index (χ2v) is 7.19. The van der Waals surface area contributed by atoms with Crippen LogP contribution in [-0.4, -0.2) is 39.9 Å². The maximum Gasteiger partial charge on any atom is 0.181 e. The molecular formula is C22H24N2O2. The molecule has 0 unspecified atom stereocenters. The zero-order valence-electron chi connectivity index (χ0n) is 15.0. The Morgan fingerprint density at radius 2 is 1.81 bits per heavy atom. The van der Waals surface area contributed by atoms with Crippen molar-refractivity contribution in [1.82, 2.24) is 9.88 Å². The molecule has 134 valence electrons. The summed E-state index contributed by atoms with van der Waals surface area (Å²) >= 11 is 0. The monoisotopic (exact) mass is 348 g/mol. The number of hydrogen-bond acceptors (Lipinski definition) is 3. The number of likely N-dealkylation sites (tertiary alicyclic amines) is 1. The van der Waals surface area contributed by atoms with Gasteiger partial charge < -0.3 is 10.1 Å². The first-order valence-electron chi connectivity index (χ1n) is 9.27. The molecule has 1 aliphatic rings. The Labute approximate surface area is 153 Å². The van der Waals surface area contributed by atoms with Gasteiger partial charge in [-0.05, 0) is 62.5 Å². The first kappa shape index (κ1) is 16.9. The van der Waals surface area contributed by atoms with E-state index in [9.17, 15) is 9.90 Å². The molecule has 1 atom stereocenters. The lowest BCUT2D eigenvalue weighted by molar-refractivity contribution is 0.0798. The van der Waals surface area contributed by atoms with Gasteiger partial charge in [0.25, 0.3) is 0 Å². The van der Waals surface area contributed by atoms with Crippen LogP contribution in [0.1, 0.15) is 41.6 Å². The van der Waals surface area contributed by atoms with Gasteiger partial charge in [0.05, 0.1) is 6.04 Å².